The third kappa shape index (κ3) is 3.05. The molecule has 2 aromatic rings. The van der Waals surface area contributed by atoms with Crippen LogP contribution in [0.3, 0.4) is 0 Å². The summed E-state index contributed by atoms with van der Waals surface area (Å²) < 4.78 is 0. The normalized spacial score (nSPS) is 10.6. The molecule has 2 heteroatoms. The number of anilines is 1. The van der Waals surface area contributed by atoms with Crippen molar-refractivity contribution in [3.8, 4) is 11.1 Å². The van der Waals surface area contributed by atoms with Crippen molar-refractivity contribution in [1.82, 2.24) is 0 Å². The maximum absolute atomic E-state index is 6.04. The zero-order valence-corrected chi connectivity index (χ0v) is 11.4. The van der Waals surface area contributed by atoms with Gasteiger partial charge in [-0.15, -0.1) is 0 Å². The molecule has 0 spiro atoms. The van der Waals surface area contributed by atoms with Crippen LogP contribution in [0.25, 0.3) is 11.1 Å². The Labute approximate surface area is 114 Å². The van der Waals surface area contributed by atoms with Gasteiger partial charge >= 0.3 is 0 Å². The van der Waals surface area contributed by atoms with Gasteiger partial charge in [0.25, 0.3) is 0 Å². The molecular weight excluding hydrogens is 242 g/mol. The highest BCUT2D eigenvalue weighted by molar-refractivity contribution is 6.33. The summed E-state index contributed by atoms with van der Waals surface area (Å²) >= 11 is 6.04. The van der Waals surface area contributed by atoms with Crippen LogP contribution in [0.1, 0.15) is 25.3 Å². The van der Waals surface area contributed by atoms with Gasteiger partial charge in [-0.3, -0.25) is 0 Å². The summed E-state index contributed by atoms with van der Waals surface area (Å²) in [5.74, 6) is 0. The molecule has 2 rings (SSSR count). The summed E-state index contributed by atoms with van der Waals surface area (Å²) in [5, 5.41) is 0.613. The molecule has 94 valence electrons. The van der Waals surface area contributed by atoms with E-state index in [9.17, 15) is 0 Å². The molecule has 18 heavy (non-hydrogen) atoms. The van der Waals surface area contributed by atoms with Gasteiger partial charge in [-0.2, -0.15) is 0 Å². The summed E-state index contributed by atoms with van der Waals surface area (Å²) in [6.07, 6.45) is 3.63. The van der Waals surface area contributed by atoms with Gasteiger partial charge in [-0.1, -0.05) is 55.3 Å². The van der Waals surface area contributed by atoms with E-state index >= 15 is 0 Å². The molecule has 0 radical (unpaired) electrons. The number of hydrogen-bond donors (Lipinski definition) is 1. The Morgan fingerprint density at radius 3 is 2.28 bits per heavy atom. The Morgan fingerprint density at radius 2 is 1.67 bits per heavy atom. The van der Waals surface area contributed by atoms with Crippen LogP contribution in [0, 0.1) is 0 Å². The third-order valence-corrected chi connectivity index (χ3v) is 3.43. The standard InChI is InChI=1S/C16H18ClN/c1-2-3-4-12-5-7-13(8-6-12)14-9-10-16(18)15(17)11-14/h5-11H,2-4,18H2,1H3. The van der Waals surface area contributed by atoms with Crippen molar-refractivity contribution in [2.75, 3.05) is 5.73 Å². The van der Waals surface area contributed by atoms with E-state index < -0.39 is 0 Å². The molecule has 2 N–H and O–H groups in total. The Hall–Kier alpha value is -1.47. The molecule has 0 heterocycles. The second-order valence-corrected chi connectivity index (χ2v) is 4.94. The first-order valence-electron chi connectivity index (χ1n) is 6.35. The minimum Gasteiger partial charge on any atom is -0.398 e. The SMILES string of the molecule is CCCCc1ccc(-c2ccc(N)c(Cl)c2)cc1. The van der Waals surface area contributed by atoms with Crippen LogP contribution in [0.4, 0.5) is 5.69 Å². The van der Waals surface area contributed by atoms with E-state index in [1.54, 1.807) is 0 Å². The summed E-state index contributed by atoms with van der Waals surface area (Å²) in [7, 11) is 0. The van der Waals surface area contributed by atoms with Crippen LogP contribution >= 0.6 is 11.6 Å². The Balaban J connectivity index is 2.20. The van der Waals surface area contributed by atoms with E-state index in [0.29, 0.717) is 10.7 Å². The zero-order valence-electron chi connectivity index (χ0n) is 10.6. The van der Waals surface area contributed by atoms with Gasteiger partial charge in [-0.25, -0.2) is 0 Å². The molecule has 0 saturated carbocycles. The summed E-state index contributed by atoms with van der Waals surface area (Å²) in [5.41, 5.74) is 10.0. The molecule has 0 saturated heterocycles. The van der Waals surface area contributed by atoms with E-state index in [1.807, 2.05) is 18.2 Å². The molecule has 0 amide bonds. The molecule has 0 unspecified atom stereocenters. The van der Waals surface area contributed by atoms with E-state index in [2.05, 4.69) is 31.2 Å². The first kappa shape index (κ1) is 13.0. The lowest BCUT2D eigenvalue weighted by molar-refractivity contribution is 0.795. The van der Waals surface area contributed by atoms with Crippen LogP contribution in [-0.2, 0) is 6.42 Å². The Bertz CT molecular complexity index is 517. The highest BCUT2D eigenvalue weighted by Gasteiger charge is 2.01. The van der Waals surface area contributed by atoms with Gasteiger partial charge in [0.05, 0.1) is 10.7 Å². The van der Waals surface area contributed by atoms with E-state index in [4.69, 9.17) is 17.3 Å². The first-order valence-corrected chi connectivity index (χ1v) is 6.73. The average Bonchev–Trinajstić information content (AvgIpc) is 2.40. The lowest BCUT2D eigenvalue weighted by Gasteiger charge is -2.06. The van der Waals surface area contributed by atoms with Gasteiger partial charge in [0.15, 0.2) is 0 Å². The van der Waals surface area contributed by atoms with Crippen LogP contribution in [0.2, 0.25) is 5.02 Å². The lowest BCUT2D eigenvalue weighted by atomic mass is 10.0. The van der Waals surface area contributed by atoms with Crippen LogP contribution < -0.4 is 5.73 Å². The maximum atomic E-state index is 6.04. The predicted molar refractivity (Wildman–Crippen MR) is 79.9 cm³/mol. The number of hydrogen-bond acceptors (Lipinski definition) is 1. The van der Waals surface area contributed by atoms with Crippen molar-refractivity contribution in [1.29, 1.82) is 0 Å². The van der Waals surface area contributed by atoms with Gasteiger partial charge in [0.1, 0.15) is 0 Å². The number of unbranched alkanes of at least 4 members (excludes halogenated alkanes) is 1. The van der Waals surface area contributed by atoms with Gasteiger partial charge < -0.3 is 5.73 Å². The zero-order chi connectivity index (χ0) is 13.0. The van der Waals surface area contributed by atoms with Crippen LogP contribution in [0.15, 0.2) is 42.5 Å². The molecule has 2 aromatic carbocycles. The molecule has 0 aromatic heterocycles. The maximum Gasteiger partial charge on any atom is 0.0641 e. The highest BCUT2D eigenvalue weighted by atomic mass is 35.5. The van der Waals surface area contributed by atoms with Crippen molar-refractivity contribution in [2.24, 2.45) is 0 Å². The summed E-state index contributed by atoms with van der Waals surface area (Å²) in [4.78, 5) is 0. The van der Waals surface area contributed by atoms with Crippen LogP contribution in [0.5, 0.6) is 0 Å². The molecule has 0 aliphatic heterocycles. The van der Waals surface area contributed by atoms with Crippen molar-refractivity contribution in [2.45, 2.75) is 26.2 Å². The number of rotatable bonds is 4. The fourth-order valence-corrected chi connectivity index (χ4v) is 2.13. The number of nitrogens with two attached hydrogens (primary N) is 1. The molecule has 0 atom stereocenters. The van der Waals surface area contributed by atoms with Crippen molar-refractivity contribution in [3.63, 3.8) is 0 Å². The quantitative estimate of drug-likeness (QED) is 0.774. The number of aryl methyl sites for hydroxylation is 1. The second kappa shape index (κ2) is 5.92. The fourth-order valence-electron chi connectivity index (χ4n) is 1.95. The highest BCUT2D eigenvalue weighted by Crippen LogP contribution is 2.27. The van der Waals surface area contributed by atoms with E-state index in [0.717, 1.165) is 12.0 Å². The van der Waals surface area contributed by atoms with Crippen LogP contribution in [-0.4, -0.2) is 0 Å². The topological polar surface area (TPSA) is 26.0 Å². The third-order valence-electron chi connectivity index (χ3n) is 3.11. The number of benzene rings is 2. The molecular formula is C16H18ClN. The Morgan fingerprint density at radius 1 is 1.00 bits per heavy atom. The summed E-state index contributed by atoms with van der Waals surface area (Å²) in [6.45, 7) is 2.21. The summed E-state index contributed by atoms with van der Waals surface area (Å²) in [6, 6.07) is 14.4. The predicted octanol–water partition coefficient (Wildman–Crippen LogP) is 4.93. The molecule has 0 aliphatic carbocycles. The minimum absolute atomic E-state index is 0.613. The van der Waals surface area contributed by atoms with E-state index in [-0.39, 0.29) is 0 Å². The van der Waals surface area contributed by atoms with Crippen molar-refractivity contribution in [3.05, 3.63) is 53.1 Å². The van der Waals surface area contributed by atoms with Crippen molar-refractivity contribution < 1.29 is 0 Å². The van der Waals surface area contributed by atoms with E-state index in [1.165, 1.54) is 24.0 Å². The fraction of sp³-hybridized carbons (Fsp3) is 0.250. The smallest absolute Gasteiger partial charge is 0.0641 e. The van der Waals surface area contributed by atoms with Gasteiger partial charge in [-0.05, 0) is 41.7 Å². The van der Waals surface area contributed by atoms with Gasteiger partial charge in [0.2, 0.25) is 0 Å². The monoisotopic (exact) mass is 259 g/mol. The second-order valence-electron chi connectivity index (χ2n) is 4.54. The molecule has 0 fully saturated rings. The van der Waals surface area contributed by atoms with Crippen molar-refractivity contribution >= 4 is 17.3 Å². The molecule has 0 aliphatic rings. The number of nitrogen functional groups attached to an aromatic ring is 1. The lowest BCUT2D eigenvalue weighted by Crippen LogP contribution is -1.88. The molecule has 1 nitrogen and oxygen atoms in total. The van der Waals surface area contributed by atoms with Gasteiger partial charge in [0, 0.05) is 0 Å². The largest absolute Gasteiger partial charge is 0.398 e. The molecule has 0 bridgehead atoms. The minimum atomic E-state index is 0.613. The Kier molecular flexibility index (Phi) is 4.27. The number of halogens is 1. The average molecular weight is 260 g/mol. The first-order chi connectivity index (χ1) is 8.70.